The molecule has 4 aliphatic rings. The molecule has 0 bridgehead atoms. The number of anilines is 3. The highest BCUT2D eigenvalue weighted by Gasteiger charge is 2.33. The van der Waals surface area contributed by atoms with Crippen LogP contribution in [0.15, 0.2) is 85.5 Å². The first-order valence-electron chi connectivity index (χ1n) is 21.0. The van der Waals surface area contributed by atoms with Gasteiger partial charge >= 0.3 is 10.2 Å². The van der Waals surface area contributed by atoms with Gasteiger partial charge < -0.3 is 9.80 Å². The topological polar surface area (TPSA) is 149 Å². The average Bonchev–Trinajstić information content (AvgIpc) is 3.94. The molecule has 18 heteroatoms. The van der Waals surface area contributed by atoms with Gasteiger partial charge in [-0.05, 0) is 91.8 Å². The number of nitrogens with one attached hydrogen (secondary N) is 2. The van der Waals surface area contributed by atoms with Crippen molar-refractivity contribution in [1.29, 1.82) is 0 Å². The number of rotatable bonds is 11. The molecular formula is C44H47ClF2N10O4S. The van der Waals surface area contributed by atoms with Crippen molar-refractivity contribution in [3.8, 4) is 28.1 Å². The molecular weight excluding hydrogens is 838 g/mol. The zero-order valence-electron chi connectivity index (χ0n) is 34.0. The number of benzene rings is 2. The molecule has 5 aromatic rings. The molecule has 4 fully saturated rings. The highest BCUT2D eigenvalue weighted by molar-refractivity contribution is 7.90. The largest absolute Gasteiger partial charge is 0.369 e. The zero-order valence-corrected chi connectivity index (χ0v) is 35.5. The molecule has 2 aromatic carbocycles. The number of piperazine rings is 1. The van der Waals surface area contributed by atoms with Crippen LogP contribution in [0.2, 0.25) is 5.02 Å². The molecule has 324 valence electrons. The standard InChI is InChI=1S/C44H47ClF2N10O4S/c45-32-23-37(42(47)39(24-32)52-62(60,61)56-18-13-33(46)27-56)38-28-57(51-43(38)30-9-14-48-15-10-30)35-4-2-34(3-5-35)54-21-19-53(20-22-54)26-29-11-16-55(17-12-29)40-7-1-31(25-49-40)36-6-8-41(58)50-44(36)59/h1-5,7,9-10,14-15,23-25,28-29,33,36,52H,6,8,11-13,16-22,26-27H2,(H,50,58,59)/t33-,36-/m1/s1. The van der Waals surface area contributed by atoms with E-state index in [1.54, 1.807) is 41.6 Å². The highest BCUT2D eigenvalue weighted by atomic mass is 35.5. The number of carbonyl (C=O) groups is 2. The summed E-state index contributed by atoms with van der Waals surface area (Å²) >= 11 is 6.47. The van der Waals surface area contributed by atoms with E-state index in [0.717, 1.165) is 85.7 Å². The lowest BCUT2D eigenvalue weighted by atomic mass is 9.91. The number of nitrogens with zero attached hydrogens (tertiary/aromatic N) is 8. The molecule has 2 N–H and O–H groups in total. The van der Waals surface area contributed by atoms with E-state index in [2.05, 4.69) is 46.8 Å². The third kappa shape index (κ3) is 9.02. The zero-order chi connectivity index (χ0) is 43.0. The maximum Gasteiger partial charge on any atom is 0.301 e. The minimum atomic E-state index is -4.23. The number of amides is 2. The van der Waals surface area contributed by atoms with Crippen molar-refractivity contribution in [3.63, 3.8) is 0 Å². The Morgan fingerprint density at radius 3 is 2.26 bits per heavy atom. The van der Waals surface area contributed by atoms with Crippen LogP contribution in [-0.4, -0.2) is 114 Å². The number of carbonyl (C=O) groups excluding carboxylic acids is 2. The molecule has 2 amide bonds. The summed E-state index contributed by atoms with van der Waals surface area (Å²) in [6.07, 6.45) is 8.54. The van der Waals surface area contributed by atoms with Gasteiger partial charge in [0.1, 0.15) is 17.7 Å². The van der Waals surface area contributed by atoms with Gasteiger partial charge in [0.05, 0.1) is 17.3 Å². The van der Waals surface area contributed by atoms with Crippen LogP contribution in [0.4, 0.5) is 26.0 Å². The van der Waals surface area contributed by atoms with Crippen LogP contribution < -0.4 is 19.8 Å². The fourth-order valence-electron chi connectivity index (χ4n) is 8.91. The average molecular weight is 885 g/mol. The van der Waals surface area contributed by atoms with Gasteiger partial charge in [-0.2, -0.15) is 17.8 Å². The van der Waals surface area contributed by atoms with Crippen molar-refractivity contribution in [2.24, 2.45) is 5.92 Å². The maximum absolute atomic E-state index is 16.4. The summed E-state index contributed by atoms with van der Waals surface area (Å²) in [5, 5.41) is 7.41. The van der Waals surface area contributed by atoms with Crippen molar-refractivity contribution in [1.82, 2.24) is 34.3 Å². The number of hydrogen-bond donors (Lipinski definition) is 2. The number of pyridine rings is 2. The summed E-state index contributed by atoms with van der Waals surface area (Å²) in [6.45, 7) is 6.33. The first-order chi connectivity index (χ1) is 30.0. The van der Waals surface area contributed by atoms with Crippen molar-refractivity contribution < 1.29 is 26.8 Å². The minimum Gasteiger partial charge on any atom is -0.369 e. The molecule has 0 spiro atoms. The van der Waals surface area contributed by atoms with E-state index in [-0.39, 0.29) is 53.5 Å². The highest BCUT2D eigenvalue weighted by Crippen LogP contribution is 2.38. The van der Waals surface area contributed by atoms with Gasteiger partial charge in [-0.25, -0.2) is 18.4 Å². The molecule has 0 radical (unpaired) electrons. The summed E-state index contributed by atoms with van der Waals surface area (Å²) in [5.74, 6) is -0.100. The minimum absolute atomic E-state index is 0.00509. The SMILES string of the molecule is O=C1CC[C@H](c2ccc(N3CCC(CN4CCN(c5ccc(-n6cc(-c7cc(Cl)cc(NS(=O)(=O)N8CC[C@@H](F)C8)c7F)c(-c7ccncc7)n6)cc5)CC4)CC3)nc2)C(=O)N1. The van der Waals surface area contributed by atoms with Gasteiger partial charge in [-0.15, -0.1) is 0 Å². The number of hydrogen-bond acceptors (Lipinski definition) is 10. The van der Waals surface area contributed by atoms with E-state index < -0.39 is 22.2 Å². The number of imide groups is 1. The third-order valence-corrected chi connectivity index (χ3v) is 14.1. The van der Waals surface area contributed by atoms with E-state index in [1.165, 1.54) is 12.1 Å². The Bertz CT molecular complexity index is 2530. The van der Waals surface area contributed by atoms with Crippen LogP contribution in [0.1, 0.15) is 43.6 Å². The second-order valence-electron chi connectivity index (χ2n) is 16.4. The van der Waals surface area contributed by atoms with Crippen LogP contribution in [0.25, 0.3) is 28.1 Å². The van der Waals surface area contributed by atoms with E-state index in [9.17, 15) is 22.4 Å². The Kier molecular flexibility index (Phi) is 12.0. The van der Waals surface area contributed by atoms with Crippen LogP contribution in [-0.2, 0) is 19.8 Å². The van der Waals surface area contributed by atoms with Gasteiger partial charge in [0.15, 0.2) is 5.82 Å². The van der Waals surface area contributed by atoms with Crippen LogP contribution in [0.3, 0.4) is 0 Å². The van der Waals surface area contributed by atoms with Gasteiger partial charge in [-0.3, -0.25) is 29.5 Å². The molecule has 0 aliphatic carbocycles. The fourth-order valence-corrected chi connectivity index (χ4v) is 10.4. The molecule has 0 saturated carbocycles. The van der Waals surface area contributed by atoms with Crippen molar-refractivity contribution >= 4 is 50.8 Å². The van der Waals surface area contributed by atoms with Crippen LogP contribution >= 0.6 is 11.6 Å². The first-order valence-corrected chi connectivity index (χ1v) is 22.8. The molecule has 2 atom stereocenters. The summed E-state index contributed by atoms with van der Waals surface area (Å²) in [7, 11) is -4.23. The van der Waals surface area contributed by atoms with E-state index in [4.69, 9.17) is 16.7 Å². The second-order valence-corrected chi connectivity index (χ2v) is 18.5. The quantitative estimate of drug-likeness (QED) is 0.150. The lowest BCUT2D eigenvalue weighted by Crippen LogP contribution is -2.49. The Balaban J connectivity index is 0.825. The van der Waals surface area contributed by atoms with E-state index in [1.807, 2.05) is 24.3 Å². The predicted molar refractivity (Wildman–Crippen MR) is 234 cm³/mol. The molecule has 7 heterocycles. The lowest BCUT2D eigenvalue weighted by Gasteiger charge is -2.40. The monoisotopic (exact) mass is 884 g/mol. The molecule has 14 nitrogen and oxygen atoms in total. The van der Waals surface area contributed by atoms with Crippen LogP contribution in [0, 0.1) is 11.7 Å². The number of halogens is 3. The second kappa shape index (κ2) is 17.7. The number of alkyl halides is 1. The molecule has 0 unspecified atom stereocenters. The Morgan fingerprint density at radius 1 is 0.839 bits per heavy atom. The van der Waals surface area contributed by atoms with Gasteiger partial charge in [0.2, 0.25) is 11.8 Å². The van der Waals surface area contributed by atoms with Gasteiger partial charge in [-0.1, -0.05) is 17.7 Å². The van der Waals surface area contributed by atoms with Crippen molar-refractivity contribution in [3.05, 3.63) is 102 Å². The first kappa shape index (κ1) is 41.8. The predicted octanol–water partition coefficient (Wildman–Crippen LogP) is 6.05. The molecule has 62 heavy (non-hydrogen) atoms. The normalized spacial score (nSPS) is 20.8. The third-order valence-electron chi connectivity index (χ3n) is 12.4. The summed E-state index contributed by atoms with van der Waals surface area (Å²) in [4.78, 5) is 39.9. The maximum atomic E-state index is 16.4. The van der Waals surface area contributed by atoms with E-state index in [0.29, 0.717) is 35.6 Å². The Hall–Kier alpha value is -5.49. The summed E-state index contributed by atoms with van der Waals surface area (Å²) < 4.78 is 61.3. The fraction of sp³-hybridized carbons (Fsp3) is 0.386. The van der Waals surface area contributed by atoms with Gasteiger partial charge in [0, 0.05) is 118 Å². The van der Waals surface area contributed by atoms with E-state index >= 15 is 4.39 Å². The smallest absolute Gasteiger partial charge is 0.301 e. The van der Waals surface area contributed by atoms with Crippen molar-refractivity contribution in [2.45, 2.75) is 44.2 Å². The Morgan fingerprint density at radius 2 is 1.58 bits per heavy atom. The molecule has 4 aliphatic heterocycles. The van der Waals surface area contributed by atoms with Crippen molar-refractivity contribution in [2.75, 3.05) is 73.4 Å². The Labute approximate surface area is 364 Å². The number of aromatic nitrogens is 4. The molecule has 4 saturated heterocycles. The summed E-state index contributed by atoms with van der Waals surface area (Å²) in [5.41, 5.74) is 3.91. The molecule has 3 aromatic heterocycles. The lowest BCUT2D eigenvalue weighted by molar-refractivity contribution is -0.134. The number of piperidine rings is 2. The van der Waals surface area contributed by atoms with Gasteiger partial charge in [0.25, 0.3) is 0 Å². The summed E-state index contributed by atoms with van der Waals surface area (Å²) in [6, 6.07) is 18.2. The molecule has 9 rings (SSSR count). The van der Waals surface area contributed by atoms with Crippen LogP contribution in [0.5, 0.6) is 0 Å².